The van der Waals surface area contributed by atoms with Crippen LogP contribution in [0, 0.1) is 0 Å². The summed E-state index contributed by atoms with van der Waals surface area (Å²) in [7, 11) is 0. The third kappa shape index (κ3) is 5.07. The molecule has 8 nitrogen and oxygen atoms in total. The SMILES string of the molecule is O=C(NCCCCC(=O)N1CCCC(O)(C(=O)O)C1)OCC1c2ccccc2-c2ccccc21. The fourth-order valence-corrected chi connectivity index (χ4v) is 4.82. The van der Waals surface area contributed by atoms with Gasteiger partial charge in [-0.2, -0.15) is 0 Å². The van der Waals surface area contributed by atoms with Crippen molar-refractivity contribution in [3.63, 3.8) is 0 Å². The van der Waals surface area contributed by atoms with E-state index in [0.29, 0.717) is 32.4 Å². The molecule has 0 aromatic heterocycles. The van der Waals surface area contributed by atoms with Gasteiger partial charge in [-0.1, -0.05) is 48.5 Å². The highest BCUT2D eigenvalue weighted by molar-refractivity contribution is 5.81. The number of nitrogens with zero attached hydrogens (tertiary/aromatic N) is 1. The number of ether oxygens (including phenoxy) is 1. The standard InChI is InChI=1S/C26H30N2O6/c29-23(28-15-7-13-26(33,17-28)24(30)31)12-5-6-14-27-25(32)34-16-22-20-10-3-1-8-18(20)19-9-2-4-11-21(19)22/h1-4,8-11,22,33H,5-7,12-17H2,(H,27,32)(H,30,31). The number of carbonyl (C=O) groups excluding carboxylic acids is 2. The van der Waals surface area contributed by atoms with Crippen molar-refractivity contribution < 1.29 is 29.3 Å². The van der Waals surface area contributed by atoms with Gasteiger partial charge in [0.25, 0.3) is 0 Å². The van der Waals surface area contributed by atoms with E-state index in [9.17, 15) is 19.5 Å². The third-order valence-electron chi connectivity index (χ3n) is 6.65. The molecule has 2 aliphatic rings. The summed E-state index contributed by atoms with van der Waals surface area (Å²) in [6.07, 6.45) is 1.49. The quantitative estimate of drug-likeness (QED) is 0.515. The molecular formula is C26H30N2O6. The molecule has 8 heteroatoms. The van der Waals surface area contributed by atoms with E-state index < -0.39 is 17.7 Å². The summed E-state index contributed by atoms with van der Waals surface area (Å²) in [5.74, 6) is -1.47. The molecule has 1 unspecified atom stereocenters. The average molecular weight is 467 g/mol. The number of hydrogen-bond donors (Lipinski definition) is 3. The second-order valence-corrected chi connectivity index (χ2v) is 8.97. The molecule has 2 aromatic carbocycles. The zero-order valence-corrected chi connectivity index (χ0v) is 19.0. The second-order valence-electron chi connectivity index (χ2n) is 8.97. The van der Waals surface area contributed by atoms with Crippen molar-refractivity contribution in [2.24, 2.45) is 0 Å². The first kappa shape index (κ1) is 23.8. The Hall–Kier alpha value is -3.39. The van der Waals surface area contributed by atoms with E-state index in [4.69, 9.17) is 9.84 Å². The number of amides is 2. The molecule has 2 amide bonds. The molecule has 1 atom stereocenters. The van der Waals surface area contributed by atoms with E-state index in [1.165, 1.54) is 16.0 Å². The summed E-state index contributed by atoms with van der Waals surface area (Å²) in [6, 6.07) is 16.3. The van der Waals surface area contributed by atoms with Crippen molar-refractivity contribution in [3.8, 4) is 11.1 Å². The maximum absolute atomic E-state index is 12.4. The molecule has 1 heterocycles. The van der Waals surface area contributed by atoms with Gasteiger partial charge in [0, 0.05) is 25.4 Å². The number of piperidine rings is 1. The summed E-state index contributed by atoms with van der Waals surface area (Å²) in [4.78, 5) is 37.2. The molecule has 0 radical (unpaired) electrons. The number of likely N-dealkylation sites (tertiary alicyclic amines) is 1. The van der Waals surface area contributed by atoms with Gasteiger partial charge >= 0.3 is 12.1 Å². The van der Waals surface area contributed by atoms with Gasteiger partial charge in [0.2, 0.25) is 5.91 Å². The van der Waals surface area contributed by atoms with E-state index >= 15 is 0 Å². The Balaban J connectivity index is 1.17. The van der Waals surface area contributed by atoms with Crippen LogP contribution >= 0.6 is 0 Å². The first-order valence-corrected chi connectivity index (χ1v) is 11.7. The van der Waals surface area contributed by atoms with Crippen molar-refractivity contribution in [2.75, 3.05) is 26.2 Å². The summed E-state index contributed by atoms with van der Waals surface area (Å²) in [6.45, 7) is 0.897. The molecule has 0 bridgehead atoms. The van der Waals surface area contributed by atoms with E-state index in [0.717, 1.165) is 11.1 Å². The summed E-state index contributed by atoms with van der Waals surface area (Å²) >= 11 is 0. The van der Waals surface area contributed by atoms with Crippen molar-refractivity contribution in [1.82, 2.24) is 10.2 Å². The number of carboxylic acids is 1. The largest absolute Gasteiger partial charge is 0.479 e. The Morgan fingerprint density at radius 3 is 2.32 bits per heavy atom. The fraction of sp³-hybridized carbons (Fsp3) is 0.423. The highest BCUT2D eigenvalue weighted by atomic mass is 16.5. The van der Waals surface area contributed by atoms with Gasteiger partial charge in [0.1, 0.15) is 6.61 Å². The smallest absolute Gasteiger partial charge is 0.407 e. The van der Waals surface area contributed by atoms with E-state index in [-0.39, 0.29) is 37.8 Å². The maximum atomic E-state index is 12.4. The minimum atomic E-state index is -1.86. The van der Waals surface area contributed by atoms with Crippen LogP contribution in [0.3, 0.4) is 0 Å². The molecule has 1 aliphatic carbocycles. The predicted molar refractivity (Wildman–Crippen MR) is 125 cm³/mol. The molecule has 1 aliphatic heterocycles. The Morgan fingerprint density at radius 2 is 1.68 bits per heavy atom. The number of hydrogen-bond acceptors (Lipinski definition) is 5. The summed E-state index contributed by atoms with van der Waals surface area (Å²) in [5, 5.41) is 22.0. The van der Waals surface area contributed by atoms with E-state index in [1.807, 2.05) is 24.3 Å². The van der Waals surface area contributed by atoms with Gasteiger partial charge in [-0.15, -0.1) is 0 Å². The molecule has 0 saturated carbocycles. The van der Waals surface area contributed by atoms with Crippen molar-refractivity contribution >= 4 is 18.0 Å². The predicted octanol–water partition coefficient (Wildman–Crippen LogP) is 3.13. The Labute approximate surface area is 198 Å². The lowest BCUT2D eigenvalue weighted by Crippen LogP contribution is -2.54. The number of benzene rings is 2. The van der Waals surface area contributed by atoms with Crippen LogP contribution in [0.25, 0.3) is 11.1 Å². The van der Waals surface area contributed by atoms with Crippen molar-refractivity contribution in [3.05, 3.63) is 59.7 Å². The second kappa shape index (κ2) is 10.3. The Bertz CT molecular complexity index is 1030. The fourth-order valence-electron chi connectivity index (χ4n) is 4.82. The molecule has 34 heavy (non-hydrogen) atoms. The highest BCUT2D eigenvalue weighted by Crippen LogP contribution is 2.44. The van der Waals surface area contributed by atoms with Gasteiger partial charge in [-0.3, -0.25) is 4.79 Å². The minimum Gasteiger partial charge on any atom is -0.479 e. The van der Waals surface area contributed by atoms with Crippen LogP contribution in [0.4, 0.5) is 4.79 Å². The number of carboxylic acid groups (broad SMARTS) is 1. The molecule has 3 N–H and O–H groups in total. The van der Waals surface area contributed by atoms with Crippen molar-refractivity contribution in [2.45, 2.75) is 43.6 Å². The first-order valence-electron chi connectivity index (χ1n) is 11.7. The van der Waals surface area contributed by atoms with Gasteiger partial charge in [-0.05, 0) is 47.9 Å². The normalized spacial score (nSPS) is 19.3. The van der Waals surface area contributed by atoms with Gasteiger partial charge < -0.3 is 25.2 Å². The van der Waals surface area contributed by atoms with Crippen molar-refractivity contribution in [1.29, 1.82) is 0 Å². The monoisotopic (exact) mass is 466 g/mol. The first-order chi connectivity index (χ1) is 16.4. The number of rotatable bonds is 8. The number of β-amino-alcohol motifs (C(OH)–C–C–N with tert-alkyl or cyclic N) is 1. The molecule has 4 rings (SSSR count). The van der Waals surface area contributed by atoms with Crippen LogP contribution in [-0.4, -0.2) is 64.9 Å². The third-order valence-corrected chi connectivity index (χ3v) is 6.65. The van der Waals surface area contributed by atoms with Crippen LogP contribution in [-0.2, 0) is 14.3 Å². The van der Waals surface area contributed by atoms with E-state index in [1.54, 1.807) is 0 Å². The number of aliphatic carboxylic acids is 1. The van der Waals surface area contributed by atoms with Crippen LogP contribution in [0.1, 0.15) is 49.1 Å². The number of aliphatic hydroxyl groups is 1. The lowest BCUT2D eigenvalue weighted by molar-refractivity contribution is -0.166. The van der Waals surface area contributed by atoms with Crippen LogP contribution in [0.2, 0.25) is 0 Å². The number of unbranched alkanes of at least 4 members (excludes halogenated alkanes) is 1. The molecule has 1 saturated heterocycles. The number of alkyl carbamates (subject to hydrolysis) is 1. The minimum absolute atomic E-state index is 0.00441. The Morgan fingerprint density at radius 1 is 1.03 bits per heavy atom. The maximum Gasteiger partial charge on any atom is 0.407 e. The molecule has 1 fully saturated rings. The molecule has 0 spiro atoms. The van der Waals surface area contributed by atoms with Crippen LogP contribution < -0.4 is 5.32 Å². The van der Waals surface area contributed by atoms with Gasteiger partial charge in [0.05, 0.1) is 6.54 Å². The summed E-state index contributed by atoms with van der Waals surface area (Å²) < 4.78 is 5.50. The number of nitrogens with one attached hydrogen (secondary N) is 1. The van der Waals surface area contributed by atoms with Crippen LogP contribution in [0.15, 0.2) is 48.5 Å². The lowest BCUT2D eigenvalue weighted by atomic mass is 9.93. The molecular weight excluding hydrogens is 436 g/mol. The van der Waals surface area contributed by atoms with Crippen LogP contribution in [0.5, 0.6) is 0 Å². The van der Waals surface area contributed by atoms with Gasteiger partial charge in [0.15, 0.2) is 5.60 Å². The topological polar surface area (TPSA) is 116 Å². The highest BCUT2D eigenvalue weighted by Gasteiger charge is 2.41. The van der Waals surface area contributed by atoms with Gasteiger partial charge in [-0.25, -0.2) is 9.59 Å². The Kier molecular flexibility index (Phi) is 7.17. The summed E-state index contributed by atoms with van der Waals surface area (Å²) in [5.41, 5.74) is 2.80. The van der Waals surface area contributed by atoms with E-state index in [2.05, 4.69) is 29.6 Å². The number of carbonyl (C=O) groups is 3. The zero-order valence-electron chi connectivity index (χ0n) is 19.0. The molecule has 180 valence electrons. The average Bonchev–Trinajstić information content (AvgIpc) is 3.16. The number of fused-ring (bicyclic) bond motifs is 3. The molecule has 2 aromatic rings. The zero-order chi connectivity index (χ0) is 24.1. The lowest BCUT2D eigenvalue weighted by Gasteiger charge is -2.36.